The Hall–Kier alpha value is -2.62. The van der Waals surface area contributed by atoms with Crippen molar-refractivity contribution in [1.82, 2.24) is 4.98 Å². The molecular formula is C19H20N2O2. The topological polar surface area (TPSA) is 51.2 Å². The number of aromatic nitrogens is 1. The largest absolute Gasteiger partial charge is 0.496 e. The van der Waals surface area contributed by atoms with Crippen molar-refractivity contribution in [1.29, 1.82) is 0 Å². The molecule has 0 fully saturated rings. The molecule has 0 saturated carbocycles. The van der Waals surface area contributed by atoms with Gasteiger partial charge in [-0.05, 0) is 59.9 Å². The van der Waals surface area contributed by atoms with Crippen LogP contribution in [0.5, 0.6) is 5.75 Å². The van der Waals surface area contributed by atoms with Crippen LogP contribution >= 0.6 is 0 Å². The number of rotatable bonds is 3. The summed E-state index contributed by atoms with van der Waals surface area (Å²) in [5.41, 5.74) is 4.73. The number of anilines is 1. The molecule has 118 valence electrons. The summed E-state index contributed by atoms with van der Waals surface area (Å²) in [5, 5.41) is 2.80. The molecule has 2 aromatic rings. The van der Waals surface area contributed by atoms with E-state index in [9.17, 15) is 4.79 Å². The molecule has 1 N–H and O–H groups in total. The molecule has 0 aliphatic carbocycles. The second-order valence-electron chi connectivity index (χ2n) is 6.02. The third-order valence-electron chi connectivity index (χ3n) is 4.11. The van der Waals surface area contributed by atoms with Gasteiger partial charge in [0.05, 0.1) is 12.7 Å². The van der Waals surface area contributed by atoms with Gasteiger partial charge in [0.1, 0.15) is 11.6 Å². The van der Waals surface area contributed by atoms with Gasteiger partial charge < -0.3 is 10.1 Å². The lowest BCUT2D eigenvalue weighted by Crippen LogP contribution is -2.04. The molecule has 0 bridgehead atoms. The van der Waals surface area contributed by atoms with Gasteiger partial charge in [-0.3, -0.25) is 4.79 Å². The van der Waals surface area contributed by atoms with Gasteiger partial charge in [-0.2, -0.15) is 0 Å². The molecule has 1 amide bonds. The summed E-state index contributed by atoms with van der Waals surface area (Å²) < 4.78 is 5.48. The second kappa shape index (κ2) is 5.88. The highest BCUT2D eigenvalue weighted by atomic mass is 16.5. The van der Waals surface area contributed by atoms with Gasteiger partial charge in [-0.1, -0.05) is 13.8 Å². The van der Waals surface area contributed by atoms with Gasteiger partial charge >= 0.3 is 0 Å². The standard InChI is InChI=1S/C19H20N2O2/c1-11(2)15-9-13(12(3)8-17(15)23-4)10-16-14-6-5-7-20-18(14)21-19(16)22/h5-11H,1-4H3,(H,20,21,22)/b16-10+. The predicted octanol–water partition coefficient (Wildman–Crippen LogP) is 4.01. The highest BCUT2D eigenvalue weighted by Gasteiger charge is 2.25. The number of methoxy groups -OCH3 is 1. The summed E-state index contributed by atoms with van der Waals surface area (Å²) in [6, 6.07) is 7.88. The fourth-order valence-corrected chi connectivity index (χ4v) is 2.82. The lowest BCUT2D eigenvalue weighted by Gasteiger charge is -2.15. The number of amides is 1. The van der Waals surface area contributed by atoms with Crippen LogP contribution in [0.1, 0.15) is 42.0 Å². The normalized spacial score (nSPS) is 15.0. The monoisotopic (exact) mass is 308 g/mol. The van der Waals surface area contributed by atoms with Gasteiger partial charge in [0, 0.05) is 11.8 Å². The van der Waals surface area contributed by atoms with Crippen LogP contribution in [0.4, 0.5) is 5.82 Å². The van der Waals surface area contributed by atoms with E-state index in [0.717, 1.165) is 28.0 Å². The predicted molar refractivity (Wildman–Crippen MR) is 92.6 cm³/mol. The molecule has 3 rings (SSSR count). The van der Waals surface area contributed by atoms with Gasteiger partial charge in [-0.15, -0.1) is 0 Å². The van der Waals surface area contributed by atoms with Crippen molar-refractivity contribution < 1.29 is 9.53 Å². The first-order chi connectivity index (χ1) is 11.0. The number of pyridine rings is 1. The third-order valence-corrected chi connectivity index (χ3v) is 4.11. The maximum absolute atomic E-state index is 12.2. The first-order valence-corrected chi connectivity index (χ1v) is 7.68. The second-order valence-corrected chi connectivity index (χ2v) is 6.02. The van der Waals surface area contributed by atoms with Crippen LogP contribution in [0.15, 0.2) is 30.5 Å². The maximum atomic E-state index is 12.2. The zero-order chi connectivity index (χ0) is 16.6. The van der Waals surface area contributed by atoms with Crippen LogP contribution in [0.3, 0.4) is 0 Å². The highest BCUT2D eigenvalue weighted by Crippen LogP contribution is 2.34. The minimum atomic E-state index is -0.111. The number of carbonyl (C=O) groups excluding carboxylic acids is 1. The molecule has 1 aromatic carbocycles. The highest BCUT2D eigenvalue weighted by molar-refractivity contribution is 6.34. The first-order valence-electron chi connectivity index (χ1n) is 7.68. The molecule has 0 saturated heterocycles. The number of carbonyl (C=O) groups is 1. The van der Waals surface area contributed by atoms with Crippen molar-refractivity contribution in [3.8, 4) is 5.75 Å². The quantitative estimate of drug-likeness (QED) is 0.871. The molecule has 0 atom stereocenters. The Morgan fingerprint density at radius 2 is 2.09 bits per heavy atom. The van der Waals surface area contributed by atoms with Crippen molar-refractivity contribution in [3.05, 3.63) is 52.7 Å². The number of hydrogen-bond acceptors (Lipinski definition) is 3. The lowest BCUT2D eigenvalue weighted by molar-refractivity contribution is -0.110. The molecule has 2 heterocycles. The molecule has 0 radical (unpaired) electrons. The van der Waals surface area contributed by atoms with E-state index in [1.54, 1.807) is 13.3 Å². The molecule has 1 aromatic heterocycles. The molecule has 0 unspecified atom stereocenters. The summed E-state index contributed by atoms with van der Waals surface area (Å²) in [6.07, 6.45) is 3.61. The number of nitrogens with zero attached hydrogens (tertiary/aromatic N) is 1. The Labute approximate surface area is 136 Å². The number of aryl methyl sites for hydroxylation is 1. The molecule has 23 heavy (non-hydrogen) atoms. The van der Waals surface area contributed by atoms with E-state index < -0.39 is 0 Å². The molecule has 1 aliphatic rings. The number of benzene rings is 1. The maximum Gasteiger partial charge on any atom is 0.257 e. The average molecular weight is 308 g/mol. The molecule has 4 nitrogen and oxygen atoms in total. The number of nitrogens with one attached hydrogen (secondary N) is 1. The smallest absolute Gasteiger partial charge is 0.257 e. The number of hydrogen-bond donors (Lipinski definition) is 1. The fourth-order valence-electron chi connectivity index (χ4n) is 2.82. The van der Waals surface area contributed by atoms with E-state index in [1.165, 1.54) is 0 Å². The van der Waals surface area contributed by atoms with E-state index in [-0.39, 0.29) is 5.91 Å². The minimum Gasteiger partial charge on any atom is -0.496 e. The van der Waals surface area contributed by atoms with Gasteiger partial charge in [-0.25, -0.2) is 4.98 Å². The Morgan fingerprint density at radius 1 is 1.30 bits per heavy atom. The van der Waals surface area contributed by atoms with Crippen LogP contribution < -0.4 is 10.1 Å². The van der Waals surface area contributed by atoms with Crippen molar-refractivity contribution in [2.24, 2.45) is 0 Å². The fraction of sp³-hybridized carbons (Fsp3) is 0.263. The summed E-state index contributed by atoms with van der Waals surface area (Å²) in [7, 11) is 1.69. The van der Waals surface area contributed by atoms with Gasteiger partial charge in [0.2, 0.25) is 0 Å². The Bertz CT molecular complexity index is 807. The van der Waals surface area contributed by atoms with E-state index >= 15 is 0 Å². The van der Waals surface area contributed by atoms with Gasteiger partial charge in [0.25, 0.3) is 5.91 Å². The zero-order valence-corrected chi connectivity index (χ0v) is 13.8. The molecule has 0 spiro atoms. The molecule has 1 aliphatic heterocycles. The average Bonchev–Trinajstić information content (AvgIpc) is 2.84. The van der Waals surface area contributed by atoms with Crippen LogP contribution in [-0.4, -0.2) is 18.0 Å². The van der Waals surface area contributed by atoms with Crippen LogP contribution in [0, 0.1) is 6.92 Å². The van der Waals surface area contributed by atoms with Crippen molar-refractivity contribution in [2.75, 3.05) is 12.4 Å². The summed E-state index contributed by atoms with van der Waals surface area (Å²) in [5.74, 6) is 1.74. The summed E-state index contributed by atoms with van der Waals surface area (Å²) in [4.78, 5) is 16.4. The Morgan fingerprint density at radius 3 is 2.78 bits per heavy atom. The third kappa shape index (κ3) is 2.72. The zero-order valence-electron chi connectivity index (χ0n) is 13.8. The number of ether oxygens (including phenoxy) is 1. The van der Waals surface area contributed by atoms with Crippen molar-refractivity contribution in [2.45, 2.75) is 26.7 Å². The van der Waals surface area contributed by atoms with Crippen LogP contribution in [0.25, 0.3) is 11.6 Å². The van der Waals surface area contributed by atoms with Gasteiger partial charge in [0.15, 0.2) is 0 Å². The Kier molecular flexibility index (Phi) is 3.90. The van der Waals surface area contributed by atoms with E-state index in [4.69, 9.17) is 4.74 Å². The van der Waals surface area contributed by atoms with E-state index in [0.29, 0.717) is 17.3 Å². The molecule has 4 heteroatoms. The van der Waals surface area contributed by atoms with Crippen molar-refractivity contribution in [3.63, 3.8) is 0 Å². The SMILES string of the molecule is COc1cc(C)c(/C=C2/C(=O)Nc3ncccc32)cc1C(C)C. The minimum absolute atomic E-state index is 0.111. The van der Waals surface area contributed by atoms with Crippen LogP contribution in [-0.2, 0) is 4.79 Å². The first kappa shape index (κ1) is 15.3. The van der Waals surface area contributed by atoms with E-state index in [2.05, 4.69) is 30.2 Å². The summed E-state index contributed by atoms with van der Waals surface area (Å²) in [6.45, 7) is 6.28. The number of fused-ring (bicyclic) bond motifs is 1. The van der Waals surface area contributed by atoms with Crippen molar-refractivity contribution >= 4 is 23.4 Å². The van der Waals surface area contributed by atoms with E-state index in [1.807, 2.05) is 31.2 Å². The summed E-state index contributed by atoms with van der Waals surface area (Å²) >= 11 is 0. The molecular weight excluding hydrogens is 288 g/mol. The Balaban J connectivity index is 2.13. The lowest BCUT2D eigenvalue weighted by atomic mass is 9.94. The van der Waals surface area contributed by atoms with Crippen LogP contribution in [0.2, 0.25) is 0 Å².